The number of esters is 2. The van der Waals surface area contributed by atoms with Crippen LogP contribution in [-0.4, -0.2) is 22.6 Å². The molecule has 0 aliphatic rings. The first-order chi connectivity index (χ1) is 9.26. The van der Waals surface area contributed by atoms with Crippen LogP contribution in [0.3, 0.4) is 0 Å². The summed E-state index contributed by atoms with van der Waals surface area (Å²) in [5, 5.41) is 10.6. The van der Waals surface area contributed by atoms with Crippen LogP contribution < -0.4 is 0 Å². The largest absolute Gasteiger partial charge is 0.391 e. The van der Waals surface area contributed by atoms with Crippen molar-refractivity contribution in [1.82, 2.24) is 0 Å². The maximum absolute atomic E-state index is 11.7. The van der Waals surface area contributed by atoms with E-state index < -0.39 is 17.5 Å². The zero-order valence-electron chi connectivity index (χ0n) is 11.3. The molecule has 1 unspecified atom stereocenters. The van der Waals surface area contributed by atoms with Gasteiger partial charge < -0.3 is 9.84 Å². The number of halogens is 2. The molecular weight excluding hydrogens is 303 g/mol. The predicted molar refractivity (Wildman–Crippen MR) is 76.8 cm³/mol. The average Bonchev–Trinajstić information content (AvgIpc) is 2.33. The maximum Gasteiger partial charge on any atom is 0.345 e. The summed E-state index contributed by atoms with van der Waals surface area (Å²) < 4.78 is 4.64. The Morgan fingerprint density at radius 3 is 2.60 bits per heavy atom. The highest BCUT2D eigenvalue weighted by Gasteiger charge is 2.32. The summed E-state index contributed by atoms with van der Waals surface area (Å²) in [5.41, 5.74) is -1.20. The van der Waals surface area contributed by atoms with E-state index in [0.717, 1.165) is 0 Å². The number of aliphatic hydroxyl groups is 1. The van der Waals surface area contributed by atoms with Gasteiger partial charge in [-0.25, -0.2) is 4.79 Å². The Hall–Kier alpha value is -1.10. The van der Waals surface area contributed by atoms with Gasteiger partial charge in [0.15, 0.2) is 5.60 Å². The van der Waals surface area contributed by atoms with Gasteiger partial charge in [0.1, 0.15) is 0 Å². The Balaban J connectivity index is 2.68. The van der Waals surface area contributed by atoms with Gasteiger partial charge in [-0.05, 0) is 37.1 Å². The molecule has 0 amide bonds. The summed E-state index contributed by atoms with van der Waals surface area (Å²) in [5.74, 6) is -1.74. The third-order valence-corrected chi connectivity index (χ3v) is 3.33. The zero-order chi connectivity index (χ0) is 15.3. The molecule has 1 aromatic rings. The molecule has 1 aromatic carbocycles. The summed E-state index contributed by atoms with van der Waals surface area (Å²) in [6, 6.07) is 4.68. The van der Waals surface area contributed by atoms with Crippen molar-refractivity contribution in [2.24, 2.45) is 0 Å². The molecule has 0 saturated carbocycles. The van der Waals surface area contributed by atoms with Crippen LogP contribution in [0, 0.1) is 0 Å². The number of hydrogen-bond donors (Lipinski definition) is 1. The first-order valence-corrected chi connectivity index (χ1v) is 6.93. The van der Waals surface area contributed by atoms with Gasteiger partial charge in [0.05, 0.1) is 6.42 Å². The second-order valence-corrected chi connectivity index (χ2v) is 5.54. The normalized spacial score (nSPS) is 13.7. The smallest absolute Gasteiger partial charge is 0.345 e. The van der Waals surface area contributed by atoms with Gasteiger partial charge >= 0.3 is 11.9 Å². The van der Waals surface area contributed by atoms with Gasteiger partial charge in [-0.3, -0.25) is 4.79 Å². The van der Waals surface area contributed by atoms with E-state index in [1.165, 1.54) is 13.0 Å². The third kappa shape index (κ3) is 4.78. The molecule has 4 nitrogen and oxygen atoms in total. The standard InChI is InChI=1S/C14H16Cl2O4/c1-3-6-14(2,19)13(18)20-12(17)8-9-7-10(15)4-5-11(9)16/h4-5,7,19H,3,6,8H2,1-2H3. The Bertz CT molecular complexity index is 512. The van der Waals surface area contributed by atoms with Crippen LogP contribution in [-0.2, 0) is 20.7 Å². The minimum Gasteiger partial charge on any atom is -0.391 e. The van der Waals surface area contributed by atoms with E-state index in [4.69, 9.17) is 23.2 Å². The van der Waals surface area contributed by atoms with E-state index in [2.05, 4.69) is 4.74 Å². The van der Waals surface area contributed by atoms with Gasteiger partial charge in [-0.1, -0.05) is 36.5 Å². The van der Waals surface area contributed by atoms with Crippen molar-refractivity contribution in [3.8, 4) is 0 Å². The summed E-state index contributed by atoms with van der Waals surface area (Å²) in [6.45, 7) is 3.13. The topological polar surface area (TPSA) is 63.6 Å². The van der Waals surface area contributed by atoms with E-state index in [1.807, 2.05) is 6.92 Å². The molecule has 1 N–H and O–H groups in total. The van der Waals surface area contributed by atoms with Crippen LogP contribution in [0.25, 0.3) is 0 Å². The van der Waals surface area contributed by atoms with E-state index in [1.54, 1.807) is 12.1 Å². The van der Waals surface area contributed by atoms with Gasteiger partial charge in [0.25, 0.3) is 0 Å². The molecule has 6 heteroatoms. The SMILES string of the molecule is CCCC(C)(O)C(=O)OC(=O)Cc1cc(Cl)ccc1Cl. The fourth-order valence-electron chi connectivity index (χ4n) is 1.67. The van der Waals surface area contributed by atoms with E-state index in [9.17, 15) is 14.7 Å². The number of ether oxygens (including phenoxy) is 1. The Kier molecular flexibility index (Phi) is 5.99. The number of carbonyl (C=O) groups is 2. The first kappa shape index (κ1) is 17.0. The lowest BCUT2D eigenvalue weighted by Gasteiger charge is -2.19. The number of carbonyl (C=O) groups excluding carboxylic acids is 2. The van der Waals surface area contributed by atoms with Crippen molar-refractivity contribution in [3.05, 3.63) is 33.8 Å². The molecule has 1 atom stereocenters. The number of rotatable bonds is 5. The fraction of sp³-hybridized carbons (Fsp3) is 0.429. The van der Waals surface area contributed by atoms with Crippen LogP contribution in [0.15, 0.2) is 18.2 Å². The predicted octanol–water partition coefficient (Wildman–Crippen LogP) is 3.16. The molecular formula is C14H16Cl2O4. The second kappa shape index (κ2) is 7.07. The van der Waals surface area contributed by atoms with Crippen LogP contribution in [0.2, 0.25) is 10.0 Å². The van der Waals surface area contributed by atoms with Crippen LogP contribution in [0.4, 0.5) is 0 Å². The Morgan fingerprint density at radius 2 is 2.00 bits per heavy atom. The molecule has 0 heterocycles. The van der Waals surface area contributed by atoms with Gasteiger partial charge in [-0.2, -0.15) is 0 Å². The average molecular weight is 319 g/mol. The highest BCUT2D eigenvalue weighted by atomic mass is 35.5. The van der Waals surface area contributed by atoms with Crippen molar-refractivity contribution in [2.75, 3.05) is 0 Å². The molecule has 0 aromatic heterocycles. The molecule has 110 valence electrons. The molecule has 0 aliphatic carbocycles. The van der Waals surface area contributed by atoms with Gasteiger partial charge in [0.2, 0.25) is 0 Å². The highest BCUT2D eigenvalue weighted by Crippen LogP contribution is 2.22. The van der Waals surface area contributed by atoms with Crippen LogP contribution >= 0.6 is 23.2 Å². The minimum atomic E-state index is -1.66. The van der Waals surface area contributed by atoms with E-state index in [-0.39, 0.29) is 12.8 Å². The van der Waals surface area contributed by atoms with E-state index in [0.29, 0.717) is 22.0 Å². The van der Waals surface area contributed by atoms with Crippen molar-refractivity contribution in [2.45, 2.75) is 38.7 Å². The highest BCUT2D eigenvalue weighted by molar-refractivity contribution is 6.33. The molecule has 0 bridgehead atoms. The molecule has 0 radical (unpaired) electrons. The van der Waals surface area contributed by atoms with Crippen molar-refractivity contribution in [3.63, 3.8) is 0 Å². The third-order valence-electron chi connectivity index (χ3n) is 2.73. The van der Waals surface area contributed by atoms with Crippen molar-refractivity contribution < 1.29 is 19.4 Å². The van der Waals surface area contributed by atoms with Gasteiger partial charge in [-0.15, -0.1) is 0 Å². The summed E-state index contributed by atoms with van der Waals surface area (Å²) in [6.07, 6.45) is 0.626. The van der Waals surface area contributed by atoms with Gasteiger partial charge in [0, 0.05) is 10.0 Å². The van der Waals surface area contributed by atoms with Crippen molar-refractivity contribution in [1.29, 1.82) is 0 Å². The number of benzene rings is 1. The van der Waals surface area contributed by atoms with Crippen LogP contribution in [0.1, 0.15) is 32.3 Å². The van der Waals surface area contributed by atoms with Crippen molar-refractivity contribution >= 4 is 35.1 Å². The fourth-order valence-corrected chi connectivity index (χ4v) is 2.05. The van der Waals surface area contributed by atoms with E-state index >= 15 is 0 Å². The lowest BCUT2D eigenvalue weighted by molar-refractivity contribution is -0.173. The molecule has 0 spiro atoms. The Morgan fingerprint density at radius 1 is 1.35 bits per heavy atom. The lowest BCUT2D eigenvalue weighted by Crippen LogP contribution is -2.38. The minimum absolute atomic E-state index is 0.187. The van der Waals surface area contributed by atoms with Crippen LogP contribution in [0.5, 0.6) is 0 Å². The quantitative estimate of drug-likeness (QED) is 0.669. The molecule has 0 saturated heterocycles. The number of hydrogen-bond acceptors (Lipinski definition) is 4. The summed E-state index contributed by atoms with van der Waals surface area (Å²) in [4.78, 5) is 23.3. The first-order valence-electron chi connectivity index (χ1n) is 6.17. The Labute approximate surface area is 127 Å². The molecule has 0 aliphatic heterocycles. The second-order valence-electron chi connectivity index (χ2n) is 4.70. The lowest BCUT2D eigenvalue weighted by atomic mass is 10.0. The molecule has 0 fully saturated rings. The summed E-state index contributed by atoms with van der Waals surface area (Å²) >= 11 is 11.7. The molecule has 1 rings (SSSR count). The monoisotopic (exact) mass is 318 g/mol. The zero-order valence-corrected chi connectivity index (χ0v) is 12.8. The summed E-state index contributed by atoms with van der Waals surface area (Å²) in [7, 11) is 0. The molecule has 20 heavy (non-hydrogen) atoms. The maximum atomic E-state index is 11.7.